The van der Waals surface area contributed by atoms with Crippen molar-refractivity contribution in [2.24, 2.45) is 17.3 Å². The Labute approximate surface area is 338 Å². The molecule has 0 radical (unpaired) electrons. The fraction of sp³-hybridized carbons (Fsp3) is 0.561. The Morgan fingerprint density at radius 1 is 0.814 bits per heavy atom. The molecule has 1 spiro atoms. The minimum Gasteiger partial charge on any atom is -0.465 e. The number of ether oxygens (including phenoxy) is 8. The maximum atomic E-state index is 14.3. The molecular weight excluding hydrogens is 778 g/mol. The van der Waals surface area contributed by atoms with Crippen LogP contribution in [0, 0.1) is 17.3 Å². The van der Waals surface area contributed by atoms with E-state index in [4.69, 9.17) is 37.9 Å². The molecule has 1 saturated heterocycles. The highest BCUT2D eigenvalue weighted by Gasteiger charge is 2.91. The zero-order valence-electron chi connectivity index (χ0n) is 33.7. The van der Waals surface area contributed by atoms with Crippen LogP contribution in [-0.4, -0.2) is 124 Å². The van der Waals surface area contributed by atoms with Crippen LogP contribution < -0.4 is 0 Å². The van der Waals surface area contributed by atoms with Crippen LogP contribution in [-0.2, 0) is 61.9 Å². The average molecular weight is 826 g/mol. The zero-order valence-corrected chi connectivity index (χ0v) is 33.7. The second-order valence-electron chi connectivity index (χ2n) is 15.9. The molecule has 3 fully saturated rings. The molecule has 4 aliphatic rings. The first-order chi connectivity index (χ1) is 27.6. The van der Waals surface area contributed by atoms with Crippen molar-refractivity contribution in [3.63, 3.8) is 0 Å². The third-order valence-electron chi connectivity index (χ3n) is 12.1. The highest BCUT2D eigenvalue weighted by atomic mass is 16.7. The summed E-state index contributed by atoms with van der Waals surface area (Å²) in [5.74, 6) is -10.6. The van der Waals surface area contributed by atoms with Crippen molar-refractivity contribution >= 4 is 41.8 Å². The van der Waals surface area contributed by atoms with Gasteiger partial charge in [-0.3, -0.25) is 29.0 Å². The van der Waals surface area contributed by atoms with Gasteiger partial charge in [0.2, 0.25) is 0 Å². The molecule has 1 aromatic carbocycles. The summed E-state index contributed by atoms with van der Waals surface area (Å²) in [5.41, 5.74) is -10.2. The van der Waals surface area contributed by atoms with Crippen LogP contribution >= 0.6 is 0 Å². The van der Waals surface area contributed by atoms with Crippen molar-refractivity contribution in [1.29, 1.82) is 0 Å². The summed E-state index contributed by atoms with van der Waals surface area (Å²) in [6.07, 6.45) is -10.9. The minimum absolute atomic E-state index is 0.0130. The molecule has 2 aliphatic carbocycles. The summed E-state index contributed by atoms with van der Waals surface area (Å²) in [4.78, 5) is 99.4. The monoisotopic (exact) mass is 825 g/mol. The van der Waals surface area contributed by atoms with Crippen molar-refractivity contribution in [2.45, 2.75) is 115 Å². The fourth-order valence-electron chi connectivity index (χ4n) is 9.54. The van der Waals surface area contributed by atoms with E-state index in [1.807, 2.05) is 0 Å². The zero-order chi connectivity index (χ0) is 43.4. The molecule has 2 N–H and O–H groups in total. The lowest BCUT2D eigenvalue weighted by Gasteiger charge is -2.67. The smallest absolute Gasteiger partial charge is 0.340 e. The summed E-state index contributed by atoms with van der Waals surface area (Å²) < 4.78 is 48.8. The molecule has 1 aromatic heterocycles. The number of cyclic esters (lactones) is 1. The van der Waals surface area contributed by atoms with Gasteiger partial charge in [0, 0.05) is 39.8 Å². The van der Waals surface area contributed by atoms with Crippen LogP contribution in [0.2, 0.25) is 0 Å². The van der Waals surface area contributed by atoms with Crippen LogP contribution in [0.3, 0.4) is 0 Å². The molecule has 2 aliphatic heterocycles. The number of aromatic nitrogens is 1. The number of fused-ring (bicyclic) bond motifs is 5. The van der Waals surface area contributed by atoms with Crippen LogP contribution in [0.5, 0.6) is 0 Å². The summed E-state index contributed by atoms with van der Waals surface area (Å²) >= 11 is 0. The molecule has 59 heavy (non-hydrogen) atoms. The number of esters is 7. The second-order valence-corrected chi connectivity index (χ2v) is 15.9. The maximum Gasteiger partial charge on any atom is 0.340 e. The van der Waals surface area contributed by atoms with Crippen molar-refractivity contribution in [2.75, 3.05) is 13.2 Å². The molecule has 2 saturated carbocycles. The Hall–Kier alpha value is -5.46. The summed E-state index contributed by atoms with van der Waals surface area (Å²) in [6, 6.07) is 10.5. The number of benzene rings is 1. The second kappa shape index (κ2) is 15.6. The van der Waals surface area contributed by atoms with Gasteiger partial charge in [-0.1, -0.05) is 32.0 Å². The number of aliphatic hydroxyl groups is 2. The van der Waals surface area contributed by atoms with E-state index in [0.717, 1.165) is 34.6 Å². The van der Waals surface area contributed by atoms with Crippen molar-refractivity contribution in [3.8, 4) is 0 Å². The lowest BCUT2D eigenvalue weighted by molar-refractivity contribution is -0.386. The molecule has 2 unspecified atom stereocenters. The number of hydrogen-bond acceptors (Lipinski definition) is 18. The van der Waals surface area contributed by atoms with Gasteiger partial charge in [0.05, 0.1) is 28.7 Å². The normalized spacial score (nSPS) is 37.4. The number of carbonyl (C=O) groups excluding carboxylic acids is 7. The van der Waals surface area contributed by atoms with Crippen molar-refractivity contribution in [1.82, 2.24) is 4.98 Å². The molecular formula is C41H47NO17. The summed E-state index contributed by atoms with van der Waals surface area (Å²) in [5, 5.41) is 25.9. The van der Waals surface area contributed by atoms with Gasteiger partial charge < -0.3 is 48.1 Å². The van der Waals surface area contributed by atoms with E-state index in [0.29, 0.717) is 0 Å². The van der Waals surface area contributed by atoms with E-state index in [1.165, 1.54) is 44.3 Å². The highest BCUT2D eigenvalue weighted by Crippen LogP contribution is 2.70. The van der Waals surface area contributed by atoms with Gasteiger partial charge in [0.15, 0.2) is 17.8 Å². The Kier molecular flexibility index (Phi) is 11.4. The first-order valence-electron chi connectivity index (χ1n) is 19.0. The van der Waals surface area contributed by atoms with Crippen LogP contribution in [0.1, 0.15) is 87.7 Å². The first kappa shape index (κ1) is 43.1. The van der Waals surface area contributed by atoms with E-state index in [2.05, 4.69) is 4.98 Å². The Bertz CT molecular complexity index is 2040. The summed E-state index contributed by atoms with van der Waals surface area (Å²) in [6.45, 7) is 7.75. The van der Waals surface area contributed by atoms with Gasteiger partial charge in [-0.05, 0) is 38.1 Å². The molecule has 0 amide bonds. The Morgan fingerprint density at radius 3 is 2.05 bits per heavy atom. The molecule has 13 atom stereocenters. The largest absolute Gasteiger partial charge is 0.465 e. The first-order valence-corrected chi connectivity index (χ1v) is 19.0. The minimum atomic E-state index is -2.83. The van der Waals surface area contributed by atoms with E-state index >= 15 is 0 Å². The SMILES string of the molecule is CC(=O)OC[C@]12[C@H](OC(C)=O)[C@H](OC(C)=O)[C@@H]3[C@@H](OC(=O)c4ccccc4)[C@@]14O[C@@]3(C)COC(=O)c1cccnc1C(C)C(C)C(=O)O[C@H]([C@H](O)[C@@H]2OC(C)=O)[C@]4(C)O. The van der Waals surface area contributed by atoms with Gasteiger partial charge in [-0.2, -0.15) is 0 Å². The Morgan fingerprint density at radius 2 is 1.44 bits per heavy atom. The molecule has 18 heteroatoms. The number of carbonyl (C=O) groups is 7. The molecule has 318 valence electrons. The van der Waals surface area contributed by atoms with Crippen LogP contribution in [0.25, 0.3) is 0 Å². The number of aliphatic hydroxyl groups excluding tert-OH is 1. The van der Waals surface area contributed by atoms with Crippen molar-refractivity contribution < 1.29 is 81.7 Å². The Balaban J connectivity index is 1.77. The van der Waals surface area contributed by atoms with Gasteiger partial charge in [0.25, 0.3) is 0 Å². The number of nitrogens with zero attached hydrogens (tertiary/aromatic N) is 1. The van der Waals surface area contributed by atoms with Gasteiger partial charge in [-0.25, -0.2) is 9.59 Å². The van der Waals surface area contributed by atoms with Crippen LogP contribution in [0.4, 0.5) is 0 Å². The van der Waals surface area contributed by atoms with E-state index in [9.17, 15) is 43.8 Å². The lowest BCUT2D eigenvalue weighted by atomic mass is 9.45. The van der Waals surface area contributed by atoms with E-state index < -0.39 is 132 Å². The van der Waals surface area contributed by atoms with Crippen LogP contribution in [0.15, 0.2) is 48.7 Å². The lowest BCUT2D eigenvalue weighted by Crippen LogP contribution is -2.89. The molecule has 18 nitrogen and oxygen atoms in total. The van der Waals surface area contributed by atoms with Gasteiger partial charge in [-0.15, -0.1) is 0 Å². The molecule has 6 rings (SSSR count). The molecule has 3 heterocycles. The summed E-state index contributed by atoms with van der Waals surface area (Å²) in [7, 11) is 0. The number of hydrogen-bond donors (Lipinski definition) is 2. The van der Waals surface area contributed by atoms with Gasteiger partial charge in [0.1, 0.15) is 54.2 Å². The third kappa shape index (κ3) is 6.89. The topological polar surface area (TPSA) is 247 Å². The number of rotatable bonds is 7. The maximum absolute atomic E-state index is 14.3. The molecule has 4 bridgehead atoms. The number of pyridine rings is 1. The quantitative estimate of drug-likeness (QED) is 0.298. The predicted octanol–water partition coefficient (Wildman–Crippen LogP) is 1.76. The molecule has 2 aromatic rings. The van der Waals surface area contributed by atoms with E-state index in [1.54, 1.807) is 25.1 Å². The van der Waals surface area contributed by atoms with Crippen molar-refractivity contribution in [3.05, 3.63) is 65.5 Å². The highest BCUT2D eigenvalue weighted by molar-refractivity contribution is 5.91. The fourth-order valence-corrected chi connectivity index (χ4v) is 9.54. The van der Waals surface area contributed by atoms with E-state index in [-0.39, 0.29) is 16.8 Å². The standard InChI is InChI=1S/C41H47NO17/c1-19-20(2)35(48)58-32-29(47)33(55-23(5)45)40(18-52-21(3)43)34(56-24(6)46)30(54-22(4)44)27-31(57-36(49)25-13-10-9-11-14-25)41(40,39(32,8)51)59-38(27,7)17-53-37(50)26-15-12-16-42-28(19)26/h9-16,19-20,27,29-34,47,51H,17-18H2,1-8H3/t19?,20?,27-,29+,30-,31-,32-,33+,34-,38+,39+,40+,41+/m1/s1. The van der Waals surface area contributed by atoms with Gasteiger partial charge >= 0.3 is 41.8 Å². The third-order valence-corrected chi connectivity index (χ3v) is 12.1. The average Bonchev–Trinajstić information content (AvgIpc) is 3.40. The predicted molar refractivity (Wildman–Crippen MR) is 196 cm³/mol.